The fourth-order valence-electron chi connectivity index (χ4n) is 3.34. The van der Waals surface area contributed by atoms with Crippen LogP contribution in [0.3, 0.4) is 0 Å². The van der Waals surface area contributed by atoms with Crippen molar-refractivity contribution in [3.8, 4) is 0 Å². The number of hydrogen-bond acceptors (Lipinski definition) is 2. The van der Waals surface area contributed by atoms with Crippen LogP contribution in [0, 0.1) is 11.8 Å². The molecule has 0 amide bonds. The Balaban J connectivity index is 2.08. The quantitative estimate of drug-likeness (QED) is 0.848. The highest BCUT2D eigenvalue weighted by atomic mass is 15.2. The van der Waals surface area contributed by atoms with E-state index in [0.29, 0.717) is 12.1 Å². The monoisotopic (exact) mass is 288 g/mol. The Morgan fingerprint density at radius 1 is 1.19 bits per heavy atom. The molecule has 0 bridgehead atoms. The molecule has 0 spiro atoms. The molecular formula is C19H32N2. The zero-order valence-corrected chi connectivity index (χ0v) is 14.2. The van der Waals surface area contributed by atoms with Gasteiger partial charge in [0.05, 0.1) is 0 Å². The SMILES string of the molecule is CCC(C)CN1CC(CC(C)C)NCC1c1ccccc1. The van der Waals surface area contributed by atoms with Gasteiger partial charge in [0.2, 0.25) is 0 Å². The van der Waals surface area contributed by atoms with Crippen LogP contribution in [-0.4, -0.2) is 30.6 Å². The third kappa shape index (κ3) is 4.82. The number of piperazine rings is 1. The summed E-state index contributed by atoms with van der Waals surface area (Å²) in [5.74, 6) is 1.54. The fraction of sp³-hybridized carbons (Fsp3) is 0.684. The summed E-state index contributed by atoms with van der Waals surface area (Å²) in [6.07, 6.45) is 2.54. The van der Waals surface area contributed by atoms with Crippen molar-refractivity contribution < 1.29 is 0 Å². The molecule has 1 aliphatic heterocycles. The first-order chi connectivity index (χ1) is 10.1. The second-order valence-electron chi connectivity index (χ2n) is 7.13. The Morgan fingerprint density at radius 2 is 1.90 bits per heavy atom. The van der Waals surface area contributed by atoms with Crippen LogP contribution in [-0.2, 0) is 0 Å². The van der Waals surface area contributed by atoms with Crippen molar-refractivity contribution in [2.75, 3.05) is 19.6 Å². The number of nitrogens with zero attached hydrogens (tertiary/aromatic N) is 1. The van der Waals surface area contributed by atoms with Gasteiger partial charge in [-0.2, -0.15) is 0 Å². The summed E-state index contributed by atoms with van der Waals surface area (Å²) in [7, 11) is 0. The van der Waals surface area contributed by atoms with Gasteiger partial charge in [0.25, 0.3) is 0 Å². The second kappa shape index (κ2) is 7.95. The van der Waals surface area contributed by atoms with E-state index in [1.165, 1.54) is 31.5 Å². The number of rotatable bonds is 6. The maximum absolute atomic E-state index is 3.78. The van der Waals surface area contributed by atoms with E-state index in [1.807, 2.05) is 0 Å². The molecule has 0 aromatic heterocycles. The Kier molecular flexibility index (Phi) is 6.25. The third-order valence-electron chi connectivity index (χ3n) is 4.68. The average Bonchev–Trinajstić information content (AvgIpc) is 2.47. The van der Waals surface area contributed by atoms with Gasteiger partial charge in [-0.15, -0.1) is 0 Å². The van der Waals surface area contributed by atoms with Crippen molar-refractivity contribution >= 4 is 0 Å². The zero-order chi connectivity index (χ0) is 15.2. The molecule has 0 saturated carbocycles. The molecule has 1 aromatic rings. The van der Waals surface area contributed by atoms with E-state index in [9.17, 15) is 0 Å². The van der Waals surface area contributed by atoms with Crippen molar-refractivity contribution in [3.63, 3.8) is 0 Å². The van der Waals surface area contributed by atoms with Crippen LogP contribution in [0.25, 0.3) is 0 Å². The highest BCUT2D eigenvalue weighted by molar-refractivity contribution is 5.20. The van der Waals surface area contributed by atoms with Crippen molar-refractivity contribution in [2.24, 2.45) is 11.8 Å². The molecule has 1 heterocycles. The van der Waals surface area contributed by atoms with E-state index < -0.39 is 0 Å². The summed E-state index contributed by atoms with van der Waals surface area (Å²) in [5, 5.41) is 3.78. The van der Waals surface area contributed by atoms with E-state index in [0.717, 1.165) is 18.4 Å². The lowest BCUT2D eigenvalue weighted by Crippen LogP contribution is -2.53. The Hall–Kier alpha value is -0.860. The summed E-state index contributed by atoms with van der Waals surface area (Å²) in [6, 6.07) is 12.2. The highest BCUT2D eigenvalue weighted by Crippen LogP contribution is 2.26. The van der Waals surface area contributed by atoms with Gasteiger partial charge >= 0.3 is 0 Å². The summed E-state index contributed by atoms with van der Waals surface area (Å²) in [4.78, 5) is 2.72. The van der Waals surface area contributed by atoms with Gasteiger partial charge < -0.3 is 5.32 Å². The third-order valence-corrected chi connectivity index (χ3v) is 4.68. The minimum Gasteiger partial charge on any atom is -0.311 e. The van der Waals surface area contributed by atoms with Crippen LogP contribution in [0.1, 0.15) is 52.1 Å². The molecule has 1 aliphatic rings. The van der Waals surface area contributed by atoms with Crippen LogP contribution in [0.2, 0.25) is 0 Å². The molecule has 2 heteroatoms. The van der Waals surface area contributed by atoms with Crippen molar-refractivity contribution in [1.29, 1.82) is 0 Å². The standard InChI is InChI=1S/C19H32N2/c1-5-16(4)13-21-14-18(11-15(2)3)20-12-19(21)17-9-7-6-8-10-17/h6-10,15-16,18-20H,5,11-14H2,1-4H3. The molecule has 3 unspecified atom stereocenters. The second-order valence-corrected chi connectivity index (χ2v) is 7.13. The molecule has 2 nitrogen and oxygen atoms in total. The minimum atomic E-state index is 0.531. The van der Waals surface area contributed by atoms with Crippen LogP contribution in [0.4, 0.5) is 0 Å². The lowest BCUT2D eigenvalue weighted by atomic mass is 9.95. The summed E-state index contributed by atoms with van der Waals surface area (Å²) < 4.78 is 0. The Bertz CT molecular complexity index is 401. The van der Waals surface area contributed by atoms with Crippen LogP contribution >= 0.6 is 0 Å². The van der Waals surface area contributed by atoms with E-state index in [2.05, 4.69) is 68.2 Å². The van der Waals surface area contributed by atoms with E-state index >= 15 is 0 Å². The molecular weight excluding hydrogens is 256 g/mol. The molecule has 1 aromatic carbocycles. The van der Waals surface area contributed by atoms with Gasteiger partial charge in [0, 0.05) is 31.7 Å². The highest BCUT2D eigenvalue weighted by Gasteiger charge is 2.29. The number of benzene rings is 1. The zero-order valence-electron chi connectivity index (χ0n) is 14.2. The first-order valence-corrected chi connectivity index (χ1v) is 8.62. The molecule has 1 N–H and O–H groups in total. The molecule has 3 atom stereocenters. The van der Waals surface area contributed by atoms with Gasteiger partial charge in [0.15, 0.2) is 0 Å². The molecule has 2 rings (SSSR count). The van der Waals surface area contributed by atoms with Crippen LogP contribution in [0.15, 0.2) is 30.3 Å². The van der Waals surface area contributed by atoms with Gasteiger partial charge in [-0.05, 0) is 23.8 Å². The molecule has 21 heavy (non-hydrogen) atoms. The summed E-state index contributed by atoms with van der Waals surface area (Å²) in [6.45, 7) is 12.8. The fourth-order valence-corrected chi connectivity index (χ4v) is 3.34. The molecule has 1 saturated heterocycles. The van der Waals surface area contributed by atoms with Gasteiger partial charge in [-0.3, -0.25) is 4.90 Å². The Morgan fingerprint density at radius 3 is 2.52 bits per heavy atom. The van der Waals surface area contributed by atoms with Gasteiger partial charge in [-0.1, -0.05) is 64.4 Å². The van der Waals surface area contributed by atoms with Crippen molar-refractivity contribution in [3.05, 3.63) is 35.9 Å². The maximum Gasteiger partial charge on any atom is 0.0473 e. The maximum atomic E-state index is 3.78. The van der Waals surface area contributed by atoms with Crippen molar-refractivity contribution in [2.45, 2.75) is 52.6 Å². The summed E-state index contributed by atoms with van der Waals surface area (Å²) >= 11 is 0. The van der Waals surface area contributed by atoms with Crippen molar-refractivity contribution in [1.82, 2.24) is 10.2 Å². The minimum absolute atomic E-state index is 0.531. The lowest BCUT2D eigenvalue weighted by molar-refractivity contribution is 0.105. The average molecular weight is 288 g/mol. The Labute approximate surface area is 130 Å². The molecule has 1 fully saturated rings. The van der Waals surface area contributed by atoms with Gasteiger partial charge in [0.1, 0.15) is 0 Å². The largest absolute Gasteiger partial charge is 0.311 e. The smallest absolute Gasteiger partial charge is 0.0473 e. The van der Waals surface area contributed by atoms with Gasteiger partial charge in [-0.25, -0.2) is 0 Å². The van der Waals surface area contributed by atoms with E-state index in [-0.39, 0.29) is 0 Å². The first kappa shape index (κ1) is 16.5. The molecule has 0 aliphatic carbocycles. The topological polar surface area (TPSA) is 15.3 Å². The number of hydrogen-bond donors (Lipinski definition) is 1. The lowest BCUT2D eigenvalue weighted by Gasteiger charge is -2.42. The van der Waals surface area contributed by atoms with E-state index in [4.69, 9.17) is 0 Å². The first-order valence-electron chi connectivity index (χ1n) is 8.62. The van der Waals surface area contributed by atoms with E-state index in [1.54, 1.807) is 0 Å². The summed E-state index contributed by atoms with van der Waals surface area (Å²) in [5.41, 5.74) is 1.45. The number of nitrogens with one attached hydrogen (secondary N) is 1. The normalized spacial score (nSPS) is 25.2. The molecule has 0 radical (unpaired) electrons. The van der Waals surface area contributed by atoms with Crippen LogP contribution in [0.5, 0.6) is 0 Å². The predicted octanol–water partition coefficient (Wildman–Crippen LogP) is 4.09. The van der Waals surface area contributed by atoms with Crippen LogP contribution < -0.4 is 5.32 Å². The predicted molar refractivity (Wildman–Crippen MR) is 91.5 cm³/mol. The molecule has 118 valence electrons.